The molecule has 1 aromatic heterocycles. The van der Waals surface area contributed by atoms with Crippen LogP contribution in [-0.4, -0.2) is 31.4 Å². The molecule has 2 aromatic carbocycles. The smallest absolute Gasteiger partial charge is 0.227 e. The lowest BCUT2D eigenvalue weighted by atomic mass is 9.75. The summed E-state index contributed by atoms with van der Waals surface area (Å²) in [6.07, 6.45) is 1.33. The summed E-state index contributed by atoms with van der Waals surface area (Å²) in [6.45, 7) is 1.24. The van der Waals surface area contributed by atoms with Crippen LogP contribution < -0.4 is 10.1 Å². The van der Waals surface area contributed by atoms with Gasteiger partial charge in [0.1, 0.15) is 28.8 Å². The molecule has 4 rings (SSSR count). The van der Waals surface area contributed by atoms with E-state index in [2.05, 4.69) is 10.5 Å². The molecule has 0 bridgehead atoms. The quantitative estimate of drug-likeness (QED) is 0.591. The molecule has 0 atom stereocenters. The topological polar surface area (TPSA) is 73.6 Å². The van der Waals surface area contributed by atoms with E-state index in [0.717, 1.165) is 17.7 Å². The van der Waals surface area contributed by atoms with Crippen molar-refractivity contribution in [3.05, 3.63) is 71.5 Å². The van der Waals surface area contributed by atoms with Gasteiger partial charge in [0.05, 0.1) is 12.5 Å². The minimum Gasteiger partial charge on any atom is -0.496 e. The first-order chi connectivity index (χ1) is 15.5. The van der Waals surface area contributed by atoms with Gasteiger partial charge in [-0.1, -0.05) is 23.4 Å². The number of carbonyl (C=O) groups excluding carboxylic acids is 1. The molecule has 32 heavy (non-hydrogen) atoms. The molecule has 0 spiro atoms. The zero-order valence-corrected chi connectivity index (χ0v) is 17.7. The molecule has 0 saturated carbocycles. The highest BCUT2D eigenvalue weighted by atomic mass is 19.1. The number of ether oxygens (including phenoxy) is 2. The van der Waals surface area contributed by atoms with Gasteiger partial charge in [-0.15, -0.1) is 0 Å². The van der Waals surface area contributed by atoms with Gasteiger partial charge in [-0.2, -0.15) is 0 Å². The largest absolute Gasteiger partial charge is 0.496 e. The molecule has 1 N–H and O–H groups in total. The van der Waals surface area contributed by atoms with Crippen molar-refractivity contribution in [3.8, 4) is 17.0 Å². The van der Waals surface area contributed by atoms with Gasteiger partial charge in [-0.05, 0) is 31.0 Å². The van der Waals surface area contributed by atoms with E-state index in [1.807, 2.05) is 24.3 Å². The molecule has 1 amide bonds. The fourth-order valence-corrected chi connectivity index (χ4v) is 4.01. The molecule has 2 heterocycles. The Morgan fingerprint density at radius 2 is 1.94 bits per heavy atom. The Morgan fingerprint density at radius 3 is 2.69 bits per heavy atom. The van der Waals surface area contributed by atoms with Crippen molar-refractivity contribution in [2.45, 2.75) is 25.8 Å². The number of hydrogen-bond donors (Lipinski definition) is 1. The van der Waals surface area contributed by atoms with E-state index in [0.29, 0.717) is 50.5 Å². The van der Waals surface area contributed by atoms with Gasteiger partial charge in [0.15, 0.2) is 0 Å². The Balaban J connectivity index is 1.52. The Hall–Kier alpha value is -3.26. The van der Waals surface area contributed by atoms with Gasteiger partial charge in [0.25, 0.3) is 0 Å². The number of nitrogens with one attached hydrogen (secondary N) is 1. The van der Waals surface area contributed by atoms with Crippen molar-refractivity contribution in [1.29, 1.82) is 0 Å². The van der Waals surface area contributed by atoms with Crippen LogP contribution in [0.4, 0.5) is 8.78 Å². The summed E-state index contributed by atoms with van der Waals surface area (Å²) in [4.78, 5) is 13.3. The molecule has 8 heteroatoms. The van der Waals surface area contributed by atoms with Crippen molar-refractivity contribution in [1.82, 2.24) is 10.5 Å². The molecule has 1 fully saturated rings. The van der Waals surface area contributed by atoms with Crippen LogP contribution in [0, 0.1) is 17.0 Å². The lowest BCUT2D eigenvalue weighted by Crippen LogP contribution is -2.45. The molecular weight excluding hydrogens is 418 g/mol. The summed E-state index contributed by atoms with van der Waals surface area (Å²) >= 11 is 0. The summed E-state index contributed by atoms with van der Waals surface area (Å²) in [5.41, 5.74) is 0.537. The van der Waals surface area contributed by atoms with Crippen LogP contribution in [-0.2, 0) is 22.5 Å². The standard InChI is InChI=1S/C24H24F2N2O4/c1-30-22-5-3-2-4-16(22)15-27-23(29)24(8-10-31-11-9-24)14-18-13-21(28-32-18)19-7-6-17(25)12-20(19)26/h2-7,12-13H,8-11,14-15H2,1H3,(H,27,29). The maximum atomic E-state index is 14.1. The minimum atomic E-state index is -0.738. The minimum absolute atomic E-state index is 0.113. The van der Waals surface area contributed by atoms with Gasteiger partial charge < -0.3 is 19.3 Å². The van der Waals surface area contributed by atoms with E-state index in [1.54, 1.807) is 13.2 Å². The number of para-hydroxylation sites is 1. The summed E-state index contributed by atoms with van der Waals surface area (Å²) in [5, 5.41) is 6.95. The number of benzene rings is 2. The molecule has 0 aliphatic carbocycles. The van der Waals surface area contributed by atoms with Crippen LogP contribution in [0.5, 0.6) is 5.75 Å². The van der Waals surface area contributed by atoms with E-state index in [4.69, 9.17) is 14.0 Å². The number of aromatic nitrogens is 1. The summed E-state index contributed by atoms with van der Waals surface area (Å²) in [5.74, 6) is -0.339. The highest BCUT2D eigenvalue weighted by molar-refractivity contribution is 5.83. The van der Waals surface area contributed by atoms with Crippen molar-refractivity contribution in [3.63, 3.8) is 0 Å². The summed E-state index contributed by atoms with van der Waals surface area (Å²) < 4.78 is 43.6. The van der Waals surface area contributed by atoms with Crippen molar-refractivity contribution in [2.24, 2.45) is 5.41 Å². The van der Waals surface area contributed by atoms with Gasteiger partial charge in [0.2, 0.25) is 5.91 Å². The lowest BCUT2D eigenvalue weighted by Gasteiger charge is -2.35. The predicted octanol–water partition coefficient (Wildman–Crippen LogP) is 4.28. The van der Waals surface area contributed by atoms with Crippen molar-refractivity contribution < 1.29 is 27.6 Å². The summed E-state index contributed by atoms with van der Waals surface area (Å²) in [6, 6.07) is 12.4. The molecule has 1 aliphatic rings. The van der Waals surface area contributed by atoms with Crippen LogP contribution in [0.3, 0.4) is 0 Å². The second-order valence-corrected chi connectivity index (χ2v) is 7.87. The van der Waals surface area contributed by atoms with Crippen molar-refractivity contribution in [2.75, 3.05) is 20.3 Å². The molecular formula is C24H24F2N2O4. The third kappa shape index (κ3) is 4.65. The lowest BCUT2D eigenvalue weighted by molar-refractivity contribution is -0.137. The Labute approximate surface area is 184 Å². The first-order valence-electron chi connectivity index (χ1n) is 10.4. The molecule has 0 radical (unpaired) electrons. The zero-order chi connectivity index (χ0) is 22.6. The molecule has 168 valence electrons. The van der Waals surface area contributed by atoms with Crippen LogP contribution in [0.15, 0.2) is 53.1 Å². The molecule has 0 unspecified atom stereocenters. The molecule has 3 aromatic rings. The molecule has 1 aliphatic heterocycles. The number of methoxy groups -OCH3 is 1. The zero-order valence-electron chi connectivity index (χ0n) is 17.7. The van der Waals surface area contributed by atoms with Gasteiger partial charge in [-0.25, -0.2) is 8.78 Å². The van der Waals surface area contributed by atoms with E-state index in [-0.39, 0.29) is 17.2 Å². The van der Waals surface area contributed by atoms with Gasteiger partial charge in [-0.3, -0.25) is 4.79 Å². The van der Waals surface area contributed by atoms with E-state index in [9.17, 15) is 13.6 Å². The third-order valence-corrected chi connectivity index (χ3v) is 5.84. The molecule has 6 nitrogen and oxygen atoms in total. The second kappa shape index (κ2) is 9.48. The summed E-state index contributed by atoms with van der Waals surface area (Å²) in [7, 11) is 1.59. The monoisotopic (exact) mass is 442 g/mol. The predicted molar refractivity (Wildman–Crippen MR) is 113 cm³/mol. The second-order valence-electron chi connectivity index (χ2n) is 7.87. The van der Waals surface area contributed by atoms with E-state index >= 15 is 0 Å². The SMILES string of the molecule is COc1ccccc1CNC(=O)C1(Cc2cc(-c3ccc(F)cc3F)no2)CCOCC1. The number of halogens is 2. The average Bonchev–Trinajstić information content (AvgIpc) is 3.26. The maximum Gasteiger partial charge on any atom is 0.227 e. The maximum absolute atomic E-state index is 14.1. The highest BCUT2D eigenvalue weighted by Crippen LogP contribution is 2.36. The first kappa shape index (κ1) is 22.0. The number of nitrogens with zero attached hydrogens (tertiary/aromatic N) is 1. The Bertz CT molecular complexity index is 1090. The number of amides is 1. The van der Waals surface area contributed by atoms with Crippen LogP contribution in [0.25, 0.3) is 11.3 Å². The fraction of sp³-hybridized carbons (Fsp3) is 0.333. The Kier molecular flexibility index (Phi) is 6.50. The van der Waals surface area contributed by atoms with Crippen LogP contribution in [0.2, 0.25) is 0 Å². The first-order valence-corrected chi connectivity index (χ1v) is 10.4. The van der Waals surface area contributed by atoms with E-state index < -0.39 is 17.0 Å². The molecule has 1 saturated heterocycles. The van der Waals surface area contributed by atoms with Gasteiger partial charge >= 0.3 is 0 Å². The highest BCUT2D eigenvalue weighted by Gasteiger charge is 2.41. The number of carbonyl (C=O) groups is 1. The van der Waals surface area contributed by atoms with E-state index in [1.165, 1.54) is 6.07 Å². The number of hydrogen-bond acceptors (Lipinski definition) is 5. The van der Waals surface area contributed by atoms with Gasteiger partial charge in [0, 0.05) is 49.4 Å². The van der Waals surface area contributed by atoms with Crippen LogP contribution >= 0.6 is 0 Å². The number of rotatable bonds is 7. The Morgan fingerprint density at radius 1 is 1.16 bits per heavy atom. The van der Waals surface area contributed by atoms with Crippen LogP contribution in [0.1, 0.15) is 24.2 Å². The van der Waals surface area contributed by atoms with Crippen molar-refractivity contribution >= 4 is 5.91 Å². The normalized spacial score (nSPS) is 15.3. The average molecular weight is 442 g/mol. The fourth-order valence-electron chi connectivity index (χ4n) is 4.01. The third-order valence-electron chi connectivity index (χ3n) is 5.84.